The number of benzene rings is 1. The van der Waals surface area contributed by atoms with Crippen LogP contribution in [0.4, 0.5) is 4.79 Å². The second-order valence-electron chi connectivity index (χ2n) is 9.21. The van der Waals surface area contributed by atoms with E-state index in [4.69, 9.17) is 9.47 Å². The third-order valence-electron chi connectivity index (χ3n) is 6.86. The summed E-state index contributed by atoms with van der Waals surface area (Å²) in [7, 11) is 1.16. The number of nitrogens with zero attached hydrogens (tertiary/aromatic N) is 2. The molecule has 1 aromatic rings. The second-order valence-corrected chi connectivity index (χ2v) is 9.21. The smallest absolute Gasteiger partial charge is 0.407 e. The maximum atomic E-state index is 14.0. The first kappa shape index (κ1) is 27.0. The molecule has 196 valence electrons. The topological polar surface area (TPSA) is 143 Å². The van der Waals surface area contributed by atoms with Crippen LogP contribution in [0.5, 0.6) is 0 Å². The first-order valence-corrected chi connectivity index (χ1v) is 12.0. The molecule has 2 unspecified atom stereocenters. The quantitative estimate of drug-likeness (QED) is 0.506. The molecule has 2 saturated heterocycles. The van der Waals surface area contributed by atoms with Crippen LogP contribution in [-0.2, 0) is 35.1 Å². The zero-order valence-corrected chi connectivity index (χ0v) is 20.8. The van der Waals surface area contributed by atoms with Crippen LogP contribution in [0.2, 0.25) is 0 Å². The predicted molar refractivity (Wildman–Crippen MR) is 127 cm³/mol. The zero-order chi connectivity index (χ0) is 26.5. The Labute approximate surface area is 209 Å². The summed E-state index contributed by atoms with van der Waals surface area (Å²) >= 11 is 0. The van der Waals surface area contributed by atoms with Gasteiger partial charge in [-0.2, -0.15) is 0 Å². The summed E-state index contributed by atoms with van der Waals surface area (Å²) in [4.78, 5) is 66.0. The summed E-state index contributed by atoms with van der Waals surface area (Å²) < 4.78 is 9.97. The van der Waals surface area contributed by atoms with Crippen molar-refractivity contribution in [2.75, 3.05) is 20.2 Å². The molecule has 2 N–H and O–H groups in total. The van der Waals surface area contributed by atoms with Crippen molar-refractivity contribution in [1.29, 1.82) is 0 Å². The fourth-order valence-corrected chi connectivity index (χ4v) is 5.17. The lowest BCUT2D eigenvalue weighted by Crippen LogP contribution is -2.64. The number of carbonyl (C=O) groups excluding carboxylic acids is 4. The number of esters is 2. The third-order valence-corrected chi connectivity index (χ3v) is 6.86. The SMILES string of the molecule is COC(=O)[C@@H](NC(=O)C1(Cc2ccccc2)CCCN1C(=O)C1CCCN1C(=O)O)[C@@H](C)OC(C)=O. The van der Waals surface area contributed by atoms with E-state index in [0.29, 0.717) is 25.7 Å². The monoisotopic (exact) mass is 503 g/mol. The summed E-state index contributed by atoms with van der Waals surface area (Å²) in [6.07, 6.45) is -0.262. The van der Waals surface area contributed by atoms with Gasteiger partial charge in [0.2, 0.25) is 11.8 Å². The van der Waals surface area contributed by atoms with E-state index in [2.05, 4.69) is 5.32 Å². The Kier molecular flexibility index (Phi) is 8.54. The Morgan fingerprint density at radius 3 is 2.44 bits per heavy atom. The largest absolute Gasteiger partial charge is 0.467 e. The molecule has 11 heteroatoms. The normalized spacial score (nSPS) is 23.0. The molecule has 1 aromatic carbocycles. The van der Waals surface area contributed by atoms with Crippen molar-refractivity contribution in [2.45, 2.75) is 69.7 Å². The Morgan fingerprint density at radius 1 is 1.14 bits per heavy atom. The van der Waals surface area contributed by atoms with Crippen LogP contribution in [0, 0.1) is 0 Å². The van der Waals surface area contributed by atoms with Crippen LogP contribution in [0.25, 0.3) is 0 Å². The average Bonchev–Trinajstić information content (AvgIpc) is 3.50. The molecule has 2 aliphatic heterocycles. The number of hydrogen-bond acceptors (Lipinski definition) is 7. The van der Waals surface area contributed by atoms with Crippen LogP contribution in [0.3, 0.4) is 0 Å². The van der Waals surface area contributed by atoms with E-state index in [9.17, 15) is 29.1 Å². The molecule has 36 heavy (non-hydrogen) atoms. The number of amides is 3. The van der Waals surface area contributed by atoms with Crippen molar-refractivity contribution in [1.82, 2.24) is 15.1 Å². The van der Waals surface area contributed by atoms with Crippen LogP contribution in [0.1, 0.15) is 45.1 Å². The highest BCUT2D eigenvalue weighted by atomic mass is 16.6. The van der Waals surface area contributed by atoms with Gasteiger partial charge in [-0.25, -0.2) is 9.59 Å². The molecule has 0 bridgehead atoms. The number of nitrogens with one attached hydrogen (secondary N) is 1. The van der Waals surface area contributed by atoms with Crippen molar-refractivity contribution in [3.05, 3.63) is 35.9 Å². The molecule has 3 amide bonds. The highest BCUT2D eigenvalue weighted by molar-refractivity contribution is 5.97. The van der Waals surface area contributed by atoms with E-state index in [1.54, 1.807) is 0 Å². The van der Waals surface area contributed by atoms with Crippen LogP contribution < -0.4 is 5.32 Å². The van der Waals surface area contributed by atoms with E-state index < -0.39 is 53.6 Å². The maximum absolute atomic E-state index is 14.0. The lowest BCUT2D eigenvalue weighted by molar-refractivity contribution is -0.158. The first-order chi connectivity index (χ1) is 17.1. The highest BCUT2D eigenvalue weighted by Crippen LogP contribution is 2.36. The van der Waals surface area contributed by atoms with Crippen molar-refractivity contribution in [3.8, 4) is 0 Å². The van der Waals surface area contributed by atoms with Gasteiger partial charge in [0.1, 0.15) is 17.7 Å². The lowest BCUT2D eigenvalue weighted by atomic mass is 9.86. The predicted octanol–water partition coefficient (Wildman–Crippen LogP) is 1.34. The fourth-order valence-electron chi connectivity index (χ4n) is 5.17. The van der Waals surface area contributed by atoms with Gasteiger partial charge in [0.05, 0.1) is 7.11 Å². The van der Waals surface area contributed by atoms with Gasteiger partial charge in [0.15, 0.2) is 6.04 Å². The van der Waals surface area contributed by atoms with Gasteiger partial charge in [-0.1, -0.05) is 30.3 Å². The molecule has 4 atom stereocenters. The molecule has 2 fully saturated rings. The van der Waals surface area contributed by atoms with Crippen molar-refractivity contribution >= 4 is 29.8 Å². The van der Waals surface area contributed by atoms with Crippen molar-refractivity contribution < 1.29 is 38.6 Å². The molecule has 0 radical (unpaired) electrons. The maximum Gasteiger partial charge on any atom is 0.407 e. The van der Waals surface area contributed by atoms with Crippen LogP contribution in [0.15, 0.2) is 30.3 Å². The number of likely N-dealkylation sites (tertiary alicyclic amines) is 2. The molecular weight excluding hydrogens is 470 g/mol. The van der Waals surface area contributed by atoms with Gasteiger partial charge in [-0.15, -0.1) is 0 Å². The molecule has 0 aromatic heterocycles. The highest BCUT2D eigenvalue weighted by Gasteiger charge is 2.53. The molecule has 0 saturated carbocycles. The summed E-state index contributed by atoms with van der Waals surface area (Å²) in [5.74, 6) is -2.44. The Balaban J connectivity index is 1.98. The van der Waals surface area contributed by atoms with Gasteiger partial charge in [0, 0.05) is 26.4 Å². The van der Waals surface area contributed by atoms with Gasteiger partial charge in [0.25, 0.3) is 0 Å². The van der Waals surface area contributed by atoms with Crippen LogP contribution in [-0.4, -0.2) is 88.7 Å². The molecule has 2 aliphatic rings. The molecule has 3 rings (SSSR count). The fraction of sp³-hybridized carbons (Fsp3) is 0.560. The van der Waals surface area contributed by atoms with Gasteiger partial charge < -0.3 is 24.8 Å². The Morgan fingerprint density at radius 2 is 1.83 bits per heavy atom. The zero-order valence-electron chi connectivity index (χ0n) is 20.8. The number of carboxylic acid groups (broad SMARTS) is 1. The van der Waals surface area contributed by atoms with Crippen molar-refractivity contribution in [2.24, 2.45) is 0 Å². The van der Waals surface area contributed by atoms with Gasteiger partial charge in [-0.05, 0) is 38.2 Å². The van der Waals surface area contributed by atoms with E-state index in [0.717, 1.165) is 17.6 Å². The Bertz CT molecular complexity index is 1000. The van der Waals surface area contributed by atoms with E-state index in [-0.39, 0.29) is 19.5 Å². The number of ether oxygens (including phenoxy) is 2. The minimum atomic E-state index is -1.37. The second kappa shape index (κ2) is 11.4. The van der Waals surface area contributed by atoms with Gasteiger partial charge >= 0.3 is 18.0 Å². The number of carbonyl (C=O) groups is 5. The molecular formula is C25H33N3O8. The van der Waals surface area contributed by atoms with E-state index >= 15 is 0 Å². The number of hydrogen-bond donors (Lipinski definition) is 2. The van der Waals surface area contributed by atoms with Gasteiger partial charge in [-0.3, -0.25) is 19.3 Å². The first-order valence-electron chi connectivity index (χ1n) is 12.0. The summed E-state index contributed by atoms with van der Waals surface area (Å²) in [5.41, 5.74) is -0.565. The minimum absolute atomic E-state index is 0.168. The van der Waals surface area contributed by atoms with E-state index in [1.807, 2.05) is 30.3 Å². The summed E-state index contributed by atoms with van der Waals surface area (Å²) in [6, 6.07) is 7.00. The molecule has 0 aliphatic carbocycles. The summed E-state index contributed by atoms with van der Waals surface area (Å²) in [5, 5.41) is 12.2. The summed E-state index contributed by atoms with van der Waals surface area (Å²) in [6.45, 7) is 3.18. The minimum Gasteiger partial charge on any atom is -0.467 e. The number of rotatable bonds is 8. The van der Waals surface area contributed by atoms with E-state index in [1.165, 1.54) is 18.7 Å². The van der Waals surface area contributed by atoms with Crippen molar-refractivity contribution in [3.63, 3.8) is 0 Å². The standard InChI is InChI=1S/C25H33N3O8/c1-16(36-17(2)29)20(22(31)35-3)26-23(32)25(15-18-9-5-4-6-10-18)12-8-14-28(25)21(30)19-11-7-13-27(19)24(33)34/h4-6,9-10,16,19-20H,7-8,11-15H2,1-3H3,(H,26,32)(H,33,34)/t16-,19?,20+,25?/m1/s1. The average molecular weight is 504 g/mol. The molecule has 0 spiro atoms. The third kappa shape index (κ3) is 5.60. The molecule has 2 heterocycles. The Hall–Kier alpha value is -3.63. The van der Waals surface area contributed by atoms with Crippen LogP contribution >= 0.6 is 0 Å². The lowest BCUT2D eigenvalue weighted by Gasteiger charge is -2.40. The molecule has 11 nitrogen and oxygen atoms in total. The number of methoxy groups -OCH3 is 1.